The summed E-state index contributed by atoms with van der Waals surface area (Å²) in [5.41, 5.74) is 0.979. The molecule has 0 radical (unpaired) electrons. The number of anilines is 1. The van der Waals surface area contributed by atoms with Crippen molar-refractivity contribution in [2.24, 2.45) is 0 Å². The highest BCUT2D eigenvalue weighted by atomic mass is 16.5. The minimum absolute atomic E-state index is 0.666. The van der Waals surface area contributed by atoms with Crippen LogP contribution in [-0.4, -0.2) is 23.5 Å². The summed E-state index contributed by atoms with van der Waals surface area (Å²) in [4.78, 5) is 0. The fourth-order valence-corrected chi connectivity index (χ4v) is 1.36. The zero-order valence-electron chi connectivity index (χ0n) is 9.22. The maximum absolute atomic E-state index is 5.22. The van der Waals surface area contributed by atoms with Crippen LogP contribution in [0.4, 0.5) is 5.69 Å². The maximum atomic E-state index is 5.22. The second kappa shape index (κ2) is 5.37. The number of aromatic nitrogens is 2. The first kappa shape index (κ1) is 10.8. The molecular formula is C11H15N3O2. The molecule has 5 nitrogen and oxygen atoms in total. The van der Waals surface area contributed by atoms with Crippen molar-refractivity contribution in [3.63, 3.8) is 0 Å². The summed E-state index contributed by atoms with van der Waals surface area (Å²) in [6, 6.07) is 3.81. The van der Waals surface area contributed by atoms with E-state index in [1.807, 2.05) is 23.0 Å². The summed E-state index contributed by atoms with van der Waals surface area (Å²) in [6.07, 6.45) is 5.40. The standard InChI is InChI=1S/C11H15N3O2/c1-15-6-4-14-9-10(7-13-14)12-8-11-3-2-5-16-11/h2-3,5,7,9,12H,4,6,8H2,1H3. The number of furan rings is 1. The summed E-state index contributed by atoms with van der Waals surface area (Å²) in [5.74, 6) is 0.907. The Balaban J connectivity index is 1.83. The van der Waals surface area contributed by atoms with Crippen LogP contribution in [0.15, 0.2) is 35.2 Å². The van der Waals surface area contributed by atoms with Gasteiger partial charge in [-0.3, -0.25) is 4.68 Å². The van der Waals surface area contributed by atoms with E-state index >= 15 is 0 Å². The normalized spacial score (nSPS) is 10.6. The molecule has 2 aromatic heterocycles. The van der Waals surface area contributed by atoms with Crippen LogP contribution in [-0.2, 0) is 17.8 Å². The minimum atomic E-state index is 0.666. The topological polar surface area (TPSA) is 52.2 Å². The lowest BCUT2D eigenvalue weighted by Crippen LogP contribution is -2.04. The van der Waals surface area contributed by atoms with E-state index in [2.05, 4.69) is 10.4 Å². The van der Waals surface area contributed by atoms with Gasteiger partial charge in [0.2, 0.25) is 0 Å². The molecule has 2 aromatic rings. The van der Waals surface area contributed by atoms with Crippen molar-refractivity contribution in [2.45, 2.75) is 13.1 Å². The van der Waals surface area contributed by atoms with Gasteiger partial charge in [0.15, 0.2) is 0 Å². The molecule has 0 unspecified atom stereocenters. The zero-order valence-corrected chi connectivity index (χ0v) is 9.22. The molecular weight excluding hydrogens is 206 g/mol. The van der Waals surface area contributed by atoms with Crippen molar-refractivity contribution >= 4 is 5.69 Å². The third kappa shape index (κ3) is 2.87. The Labute approximate surface area is 94.0 Å². The smallest absolute Gasteiger partial charge is 0.122 e. The van der Waals surface area contributed by atoms with E-state index in [4.69, 9.17) is 9.15 Å². The first-order chi connectivity index (χ1) is 7.88. The fraction of sp³-hybridized carbons (Fsp3) is 0.364. The highest BCUT2D eigenvalue weighted by Crippen LogP contribution is 2.08. The molecule has 0 fully saturated rings. The molecule has 1 N–H and O–H groups in total. The molecule has 0 spiro atoms. The van der Waals surface area contributed by atoms with Gasteiger partial charge in [-0.1, -0.05) is 0 Å². The molecule has 16 heavy (non-hydrogen) atoms. The molecule has 2 heterocycles. The van der Waals surface area contributed by atoms with Gasteiger partial charge < -0.3 is 14.5 Å². The van der Waals surface area contributed by atoms with E-state index in [0.717, 1.165) is 18.0 Å². The van der Waals surface area contributed by atoms with Crippen LogP contribution < -0.4 is 5.32 Å². The molecule has 0 amide bonds. The van der Waals surface area contributed by atoms with Gasteiger partial charge in [-0.05, 0) is 12.1 Å². The maximum Gasteiger partial charge on any atom is 0.122 e. The van der Waals surface area contributed by atoms with E-state index in [1.54, 1.807) is 19.6 Å². The van der Waals surface area contributed by atoms with Crippen molar-refractivity contribution in [2.75, 3.05) is 19.0 Å². The number of nitrogens with one attached hydrogen (secondary N) is 1. The molecule has 0 aliphatic heterocycles. The third-order valence-electron chi connectivity index (χ3n) is 2.20. The van der Waals surface area contributed by atoms with Crippen LogP contribution in [0.2, 0.25) is 0 Å². The van der Waals surface area contributed by atoms with Gasteiger partial charge in [0.25, 0.3) is 0 Å². The van der Waals surface area contributed by atoms with Gasteiger partial charge in [-0.2, -0.15) is 5.10 Å². The number of nitrogens with zero attached hydrogens (tertiary/aromatic N) is 2. The Kier molecular flexibility index (Phi) is 3.61. The minimum Gasteiger partial charge on any atom is -0.467 e. The number of ether oxygens (including phenoxy) is 1. The first-order valence-electron chi connectivity index (χ1n) is 5.16. The van der Waals surface area contributed by atoms with Gasteiger partial charge in [0.1, 0.15) is 5.76 Å². The molecule has 0 aliphatic rings. The SMILES string of the molecule is COCCn1cc(NCc2ccco2)cn1. The average Bonchev–Trinajstić information content (AvgIpc) is 2.95. The quantitative estimate of drug-likeness (QED) is 0.807. The van der Waals surface area contributed by atoms with E-state index in [-0.39, 0.29) is 0 Å². The van der Waals surface area contributed by atoms with Crippen LogP contribution in [0.1, 0.15) is 5.76 Å². The van der Waals surface area contributed by atoms with Crippen LogP contribution in [0, 0.1) is 0 Å². The molecule has 0 aromatic carbocycles. The monoisotopic (exact) mass is 221 g/mol. The first-order valence-corrected chi connectivity index (χ1v) is 5.16. The molecule has 5 heteroatoms. The van der Waals surface area contributed by atoms with E-state index < -0.39 is 0 Å². The Morgan fingerprint density at radius 3 is 3.25 bits per heavy atom. The Morgan fingerprint density at radius 1 is 1.56 bits per heavy atom. The molecule has 2 rings (SSSR count). The summed E-state index contributed by atoms with van der Waals surface area (Å²) in [6.45, 7) is 2.10. The number of hydrogen-bond donors (Lipinski definition) is 1. The average molecular weight is 221 g/mol. The van der Waals surface area contributed by atoms with Gasteiger partial charge in [-0.15, -0.1) is 0 Å². The lowest BCUT2D eigenvalue weighted by atomic mass is 10.4. The van der Waals surface area contributed by atoms with E-state index in [1.165, 1.54) is 0 Å². The van der Waals surface area contributed by atoms with Crippen molar-refractivity contribution in [1.82, 2.24) is 9.78 Å². The van der Waals surface area contributed by atoms with Crippen molar-refractivity contribution < 1.29 is 9.15 Å². The van der Waals surface area contributed by atoms with Gasteiger partial charge in [0.05, 0.1) is 37.8 Å². The van der Waals surface area contributed by atoms with E-state index in [9.17, 15) is 0 Å². The van der Waals surface area contributed by atoms with Gasteiger partial charge >= 0.3 is 0 Å². The summed E-state index contributed by atoms with van der Waals surface area (Å²) in [7, 11) is 1.68. The molecule has 0 atom stereocenters. The fourth-order valence-electron chi connectivity index (χ4n) is 1.36. The van der Waals surface area contributed by atoms with Crippen molar-refractivity contribution in [3.05, 3.63) is 36.5 Å². The van der Waals surface area contributed by atoms with Crippen molar-refractivity contribution in [1.29, 1.82) is 0 Å². The second-order valence-electron chi connectivity index (χ2n) is 3.42. The molecule has 0 saturated carbocycles. The van der Waals surface area contributed by atoms with E-state index in [0.29, 0.717) is 13.2 Å². The summed E-state index contributed by atoms with van der Waals surface area (Å²) in [5, 5.41) is 7.42. The predicted molar refractivity (Wildman–Crippen MR) is 60.1 cm³/mol. The summed E-state index contributed by atoms with van der Waals surface area (Å²) >= 11 is 0. The Morgan fingerprint density at radius 2 is 2.50 bits per heavy atom. The highest BCUT2D eigenvalue weighted by molar-refractivity contribution is 5.38. The lowest BCUT2D eigenvalue weighted by molar-refractivity contribution is 0.183. The number of rotatable bonds is 6. The molecule has 0 aliphatic carbocycles. The molecule has 0 saturated heterocycles. The Bertz CT molecular complexity index is 409. The lowest BCUT2D eigenvalue weighted by Gasteiger charge is -2.00. The second-order valence-corrected chi connectivity index (χ2v) is 3.42. The number of hydrogen-bond acceptors (Lipinski definition) is 4. The van der Waals surface area contributed by atoms with Crippen molar-refractivity contribution in [3.8, 4) is 0 Å². The van der Waals surface area contributed by atoms with Crippen LogP contribution in [0.3, 0.4) is 0 Å². The third-order valence-corrected chi connectivity index (χ3v) is 2.20. The van der Waals surface area contributed by atoms with Crippen LogP contribution >= 0.6 is 0 Å². The molecule has 86 valence electrons. The molecule has 0 bridgehead atoms. The van der Waals surface area contributed by atoms with Crippen LogP contribution in [0.5, 0.6) is 0 Å². The van der Waals surface area contributed by atoms with Gasteiger partial charge in [-0.25, -0.2) is 0 Å². The predicted octanol–water partition coefficient (Wildman–Crippen LogP) is 1.73. The highest BCUT2D eigenvalue weighted by Gasteiger charge is 1.99. The zero-order chi connectivity index (χ0) is 11.2. The number of methoxy groups -OCH3 is 1. The largest absolute Gasteiger partial charge is 0.467 e. The van der Waals surface area contributed by atoms with Gasteiger partial charge in [0, 0.05) is 13.3 Å². The van der Waals surface area contributed by atoms with Crippen LogP contribution in [0.25, 0.3) is 0 Å². The Hall–Kier alpha value is -1.75. The summed E-state index contributed by atoms with van der Waals surface area (Å²) < 4.78 is 12.0.